The molecule has 0 fully saturated rings. The molecule has 112 valence electrons. The molecule has 0 aliphatic rings. The van der Waals surface area contributed by atoms with Gasteiger partial charge in [0, 0.05) is 15.5 Å². The summed E-state index contributed by atoms with van der Waals surface area (Å²) in [6, 6.07) is 11.9. The van der Waals surface area contributed by atoms with Crippen molar-refractivity contribution in [1.82, 2.24) is 0 Å². The minimum Gasteiger partial charge on any atom is -0.404 e. The van der Waals surface area contributed by atoms with Crippen LogP contribution in [0.5, 0.6) is 5.75 Å². The third-order valence-electron chi connectivity index (χ3n) is 2.60. The number of hydrogen-bond acceptors (Lipinski definition) is 2. The van der Waals surface area contributed by atoms with E-state index in [0.717, 1.165) is 10.0 Å². The maximum Gasteiger partial charge on any atom is 0.573 e. The third-order valence-corrected chi connectivity index (χ3v) is 3.86. The van der Waals surface area contributed by atoms with Gasteiger partial charge in [-0.05, 0) is 29.8 Å². The molecule has 0 amide bonds. The van der Waals surface area contributed by atoms with E-state index in [4.69, 9.17) is 0 Å². The van der Waals surface area contributed by atoms with Gasteiger partial charge in [-0.25, -0.2) is 0 Å². The summed E-state index contributed by atoms with van der Waals surface area (Å²) in [6.07, 6.45) is -4.73. The molecule has 0 spiro atoms. The van der Waals surface area contributed by atoms with Crippen molar-refractivity contribution in [2.45, 2.75) is 12.9 Å². The van der Waals surface area contributed by atoms with Crippen LogP contribution in [0.1, 0.15) is 5.56 Å². The molecule has 0 saturated carbocycles. The highest BCUT2D eigenvalue weighted by Crippen LogP contribution is 2.33. The van der Waals surface area contributed by atoms with Crippen LogP contribution in [0.4, 0.5) is 18.9 Å². The zero-order chi connectivity index (χ0) is 15.5. The van der Waals surface area contributed by atoms with Gasteiger partial charge < -0.3 is 10.1 Å². The topological polar surface area (TPSA) is 21.3 Å². The minimum absolute atomic E-state index is 0.270. The molecule has 2 rings (SSSR count). The first-order chi connectivity index (χ1) is 9.85. The van der Waals surface area contributed by atoms with Crippen LogP contribution in [0.2, 0.25) is 0 Å². The fourth-order valence-electron chi connectivity index (χ4n) is 1.68. The Balaban J connectivity index is 2.18. The average Bonchev–Trinajstić information content (AvgIpc) is 2.38. The van der Waals surface area contributed by atoms with Crippen LogP contribution < -0.4 is 10.1 Å². The molecule has 0 bridgehead atoms. The molecule has 0 radical (unpaired) electrons. The predicted octanol–water partition coefficient (Wildman–Crippen LogP) is 5.72. The normalized spacial score (nSPS) is 11.3. The van der Waals surface area contributed by atoms with Crippen molar-refractivity contribution in [3.8, 4) is 5.75 Å². The van der Waals surface area contributed by atoms with Crippen molar-refractivity contribution in [2.75, 3.05) is 5.32 Å². The lowest BCUT2D eigenvalue weighted by molar-refractivity contribution is -0.274. The Kier molecular flexibility index (Phi) is 5.16. The number of benzene rings is 2. The molecule has 0 atom stereocenters. The Morgan fingerprint density at radius 3 is 2.43 bits per heavy atom. The van der Waals surface area contributed by atoms with Crippen LogP contribution in [0.25, 0.3) is 0 Å². The Hall–Kier alpha value is -1.21. The maximum atomic E-state index is 12.4. The van der Waals surface area contributed by atoms with Gasteiger partial charge in [-0.1, -0.05) is 50.1 Å². The van der Waals surface area contributed by atoms with E-state index in [1.165, 1.54) is 12.1 Å². The van der Waals surface area contributed by atoms with Gasteiger partial charge in [-0.3, -0.25) is 0 Å². The largest absolute Gasteiger partial charge is 0.573 e. The molecule has 0 unspecified atom stereocenters. The van der Waals surface area contributed by atoms with Crippen LogP contribution in [0.15, 0.2) is 51.4 Å². The minimum atomic E-state index is -4.73. The van der Waals surface area contributed by atoms with Crippen molar-refractivity contribution < 1.29 is 17.9 Å². The fraction of sp³-hybridized carbons (Fsp3) is 0.143. The van der Waals surface area contributed by atoms with E-state index in [2.05, 4.69) is 41.9 Å². The number of anilines is 1. The maximum absolute atomic E-state index is 12.4. The molecule has 2 aromatic carbocycles. The first kappa shape index (κ1) is 16.2. The quantitative estimate of drug-likeness (QED) is 0.677. The van der Waals surface area contributed by atoms with Crippen molar-refractivity contribution in [3.63, 3.8) is 0 Å². The molecule has 2 nitrogen and oxygen atoms in total. The van der Waals surface area contributed by atoms with Gasteiger partial charge in [-0.15, -0.1) is 13.2 Å². The molecule has 0 aliphatic heterocycles. The summed E-state index contributed by atoms with van der Waals surface area (Å²) in [5.74, 6) is -0.274. The van der Waals surface area contributed by atoms with Crippen molar-refractivity contribution in [1.29, 1.82) is 0 Å². The van der Waals surface area contributed by atoms with E-state index in [1.807, 2.05) is 24.3 Å². The number of halogens is 5. The van der Waals surface area contributed by atoms with Crippen molar-refractivity contribution >= 4 is 37.5 Å². The Bertz CT molecular complexity index is 632. The molecule has 0 heterocycles. The lowest BCUT2D eigenvalue weighted by Gasteiger charge is -2.15. The van der Waals surface area contributed by atoms with Gasteiger partial charge in [-0.2, -0.15) is 0 Å². The molecule has 21 heavy (non-hydrogen) atoms. The highest BCUT2D eigenvalue weighted by Gasteiger charge is 2.32. The highest BCUT2D eigenvalue weighted by atomic mass is 79.9. The number of ether oxygens (including phenoxy) is 1. The number of hydrogen-bond donors (Lipinski definition) is 1. The molecular weight excluding hydrogens is 415 g/mol. The summed E-state index contributed by atoms with van der Waals surface area (Å²) < 4.78 is 42.6. The van der Waals surface area contributed by atoms with Crippen LogP contribution in [-0.4, -0.2) is 6.36 Å². The first-order valence-corrected chi connectivity index (χ1v) is 7.46. The molecule has 1 N–H and O–H groups in total. The number of nitrogens with one attached hydrogen (secondary N) is 1. The van der Waals surface area contributed by atoms with Gasteiger partial charge >= 0.3 is 6.36 Å². The Morgan fingerprint density at radius 2 is 1.76 bits per heavy atom. The number of rotatable bonds is 4. The van der Waals surface area contributed by atoms with Crippen molar-refractivity contribution in [2.24, 2.45) is 0 Å². The summed E-state index contributed by atoms with van der Waals surface area (Å²) in [6.45, 7) is 0.372. The summed E-state index contributed by atoms with van der Waals surface area (Å²) in [5.41, 5.74) is 1.20. The summed E-state index contributed by atoms with van der Waals surface area (Å²) in [5, 5.41) is 2.94. The molecule has 0 saturated heterocycles. The summed E-state index contributed by atoms with van der Waals surface area (Å²) in [4.78, 5) is 0. The molecule has 0 aromatic heterocycles. The second-order valence-corrected chi connectivity index (χ2v) is 5.90. The lowest BCUT2D eigenvalue weighted by Crippen LogP contribution is -2.18. The Morgan fingerprint density at radius 1 is 1.05 bits per heavy atom. The van der Waals surface area contributed by atoms with E-state index in [1.54, 1.807) is 6.07 Å². The van der Waals surface area contributed by atoms with Gasteiger partial charge in [0.2, 0.25) is 0 Å². The molecule has 2 aromatic rings. The highest BCUT2D eigenvalue weighted by molar-refractivity contribution is 9.10. The number of alkyl halides is 3. The average molecular weight is 425 g/mol. The fourth-order valence-corrected chi connectivity index (χ4v) is 2.45. The monoisotopic (exact) mass is 423 g/mol. The van der Waals surface area contributed by atoms with Gasteiger partial charge in [0.1, 0.15) is 0 Å². The second kappa shape index (κ2) is 6.70. The SMILES string of the molecule is FC(F)(F)Oc1cc(Br)ccc1NCc1ccccc1Br. The van der Waals surface area contributed by atoms with Gasteiger partial charge in [0.15, 0.2) is 5.75 Å². The predicted molar refractivity (Wildman–Crippen MR) is 82.3 cm³/mol. The zero-order valence-electron chi connectivity index (χ0n) is 10.5. The van der Waals surface area contributed by atoms with Crippen LogP contribution in [0.3, 0.4) is 0 Å². The van der Waals surface area contributed by atoms with E-state index < -0.39 is 6.36 Å². The summed E-state index contributed by atoms with van der Waals surface area (Å²) in [7, 11) is 0. The van der Waals surface area contributed by atoms with E-state index >= 15 is 0 Å². The molecule has 7 heteroatoms. The summed E-state index contributed by atoms with van der Waals surface area (Å²) >= 11 is 6.52. The second-order valence-electron chi connectivity index (χ2n) is 4.13. The Labute approximate surface area is 136 Å². The van der Waals surface area contributed by atoms with E-state index in [9.17, 15) is 13.2 Å². The van der Waals surface area contributed by atoms with Gasteiger partial charge in [0.05, 0.1) is 5.69 Å². The molecule has 0 aliphatic carbocycles. The smallest absolute Gasteiger partial charge is 0.404 e. The van der Waals surface area contributed by atoms with Crippen molar-refractivity contribution in [3.05, 3.63) is 57.0 Å². The zero-order valence-corrected chi connectivity index (χ0v) is 13.7. The van der Waals surface area contributed by atoms with Crippen LogP contribution in [-0.2, 0) is 6.54 Å². The van der Waals surface area contributed by atoms with E-state index in [0.29, 0.717) is 11.0 Å². The van der Waals surface area contributed by atoms with Crippen LogP contribution in [0, 0.1) is 0 Å². The standard InChI is InChI=1S/C14H10Br2F3NO/c15-10-5-6-12(13(7-10)21-14(17,18)19)20-8-9-3-1-2-4-11(9)16/h1-7,20H,8H2. The lowest BCUT2D eigenvalue weighted by atomic mass is 10.2. The van der Waals surface area contributed by atoms with Crippen LogP contribution >= 0.6 is 31.9 Å². The first-order valence-electron chi connectivity index (χ1n) is 5.88. The third kappa shape index (κ3) is 4.93. The van der Waals surface area contributed by atoms with Gasteiger partial charge in [0.25, 0.3) is 0 Å². The van der Waals surface area contributed by atoms with E-state index in [-0.39, 0.29) is 11.4 Å². The molecular formula is C14H10Br2F3NO.